The number of ether oxygens (including phenoxy) is 1. The second kappa shape index (κ2) is 5.14. The van der Waals surface area contributed by atoms with E-state index in [0.717, 1.165) is 39.3 Å². The molecule has 4 nitrogen and oxygen atoms in total. The molecule has 2 heterocycles. The molecule has 1 atom stereocenters. The van der Waals surface area contributed by atoms with Gasteiger partial charge < -0.3 is 15.4 Å². The molecule has 2 saturated heterocycles. The van der Waals surface area contributed by atoms with Crippen LogP contribution >= 0.6 is 12.4 Å². The second-order valence-electron chi connectivity index (χ2n) is 4.71. The summed E-state index contributed by atoms with van der Waals surface area (Å²) in [5.41, 5.74) is 0.182. The molecule has 2 aliphatic heterocycles. The van der Waals surface area contributed by atoms with Crippen molar-refractivity contribution in [2.24, 2.45) is 11.3 Å². The van der Waals surface area contributed by atoms with Gasteiger partial charge in [0.15, 0.2) is 0 Å². The van der Waals surface area contributed by atoms with E-state index in [2.05, 4.69) is 17.6 Å². The van der Waals surface area contributed by atoms with Crippen LogP contribution in [0.1, 0.15) is 13.3 Å². The van der Waals surface area contributed by atoms with Gasteiger partial charge in [0.05, 0.1) is 19.1 Å². The molecule has 0 unspecified atom stereocenters. The summed E-state index contributed by atoms with van der Waals surface area (Å²) < 4.78 is 5.13. The highest BCUT2D eigenvalue weighted by Gasteiger charge is 2.34. The molecule has 2 aliphatic rings. The highest BCUT2D eigenvalue weighted by atomic mass is 35.5. The van der Waals surface area contributed by atoms with E-state index in [1.165, 1.54) is 0 Å². The summed E-state index contributed by atoms with van der Waals surface area (Å²) in [5, 5.41) is 6.20. The largest absolute Gasteiger partial charge is 0.380 e. The smallest absolute Gasteiger partial charge is 0.224 e. The van der Waals surface area contributed by atoms with Crippen LogP contribution in [0.3, 0.4) is 0 Å². The van der Waals surface area contributed by atoms with E-state index in [4.69, 9.17) is 4.74 Å². The van der Waals surface area contributed by atoms with Gasteiger partial charge in [-0.3, -0.25) is 4.79 Å². The van der Waals surface area contributed by atoms with Crippen LogP contribution in [0.15, 0.2) is 0 Å². The molecule has 0 aromatic carbocycles. The van der Waals surface area contributed by atoms with Crippen molar-refractivity contribution in [2.75, 3.05) is 32.8 Å². The summed E-state index contributed by atoms with van der Waals surface area (Å²) in [7, 11) is 0. The fourth-order valence-corrected chi connectivity index (χ4v) is 1.88. The average molecular weight is 235 g/mol. The van der Waals surface area contributed by atoms with Gasteiger partial charge in [0, 0.05) is 18.5 Å². The summed E-state index contributed by atoms with van der Waals surface area (Å²) in [5.74, 6) is 0.378. The van der Waals surface area contributed by atoms with Gasteiger partial charge in [-0.2, -0.15) is 0 Å². The van der Waals surface area contributed by atoms with E-state index in [0.29, 0.717) is 0 Å². The number of amides is 1. The Bertz CT molecular complexity index is 225. The third-order valence-electron chi connectivity index (χ3n) is 3.02. The first-order chi connectivity index (χ1) is 6.70. The normalized spacial score (nSPS) is 27.7. The van der Waals surface area contributed by atoms with Crippen LogP contribution in [-0.2, 0) is 9.53 Å². The number of carbonyl (C=O) groups is 1. The predicted molar refractivity (Wildman–Crippen MR) is 60.2 cm³/mol. The number of carbonyl (C=O) groups excluding carboxylic acids is 1. The molecule has 5 heteroatoms. The number of rotatable bonds is 3. The third kappa shape index (κ3) is 3.06. The minimum atomic E-state index is 0. The van der Waals surface area contributed by atoms with Crippen molar-refractivity contribution in [2.45, 2.75) is 13.3 Å². The molecule has 0 spiro atoms. The maximum atomic E-state index is 11.6. The van der Waals surface area contributed by atoms with E-state index in [1.807, 2.05) is 0 Å². The summed E-state index contributed by atoms with van der Waals surface area (Å²) in [4.78, 5) is 11.6. The van der Waals surface area contributed by atoms with Gasteiger partial charge in [0.1, 0.15) is 0 Å². The second-order valence-corrected chi connectivity index (χ2v) is 4.71. The van der Waals surface area contributed by atoms with Gasteiger partial charge in [-0.1, -0.05) is 6.92 Å². The lowest BCUT2D eigenvalue weighted by molar-refractivity contribution is -0.129. The van der Waals surface area contributed by atoms with Crippen LogP contribution in [0.4, 0.5) is 0 Å². The molecular weight excluding hydrogens is 216 g/mol. The van der Waals surface area contributed by atoms with Crippen molar-refractivity contribution in [1.29, 1.82) is 0 Å². The van der Waals surface area contributed by atoms with Gasteiger partial charge >= 0.3 is 0 Å². The standard InChI is InChI=1S/C10H18N2O2.ClH/c1-10(6-14-7-10)5-12-9(13)8-2-3-11-4-8;/h8,11H,2-7H2,1H3,(H,12,13);1H/t8-;/m1./s1. The topological polar surface area (TPSA) is 50.4 Å². The average Bonchev–Trinajstić information content (AvgIpc) is 2.63. The van der Waals surface area contributed by atoms with E-state index in [9.17, 15) is 4.79 Å². The van der Waals surface area contributed by atoms with Crippen LogP contribution in [0.2, 0.25) is 0 Å². The van der Waals surface area contributed by atoms with Gasteiger partial charge in [-0.25, -0.2) is 0 Å². The lowest BCUT2D eigenvalue weighted by atomic mass is 9.88. The number of hydrogen-bond acceptors (Lipinski definition) is 3. The molecule has 2 rings (SSSR count). The lowest BCUT2D eigenvalue weighted by Crippen LogP contribution is -2.49. The van der Waals surface area contributed by atoms with Gasteiger partial charge in [-0.05, 0) is 13.0 Å². The molecule has 1 amide bonds. The Hall–Kier alpha value is -0.320. The van der Waals surface area contributed by atoms with E-state index < -0.39 is 0 Å². The molecule has 0 bridgehead atoms. The van der Waals surface area contributed by atoms with Crippen LogP contribution in [0.5, 0.6) is 0 Å². The Labute approximate surface area is 96.5 Å². The van der Waals surface area contributed by atoms with E-state index in [-0.39, 0.29) is 29.6 Å². The molecule has 0 aromatic rings. The number of hydrogen-bond donors (Lipinski definition) is 2. The van der Waals surface area contributed by atoms with Crippen LogP contribution in [-0.4, -0.2) is 38.8 Å². The zero-order chi connectivity index (χ0) is 10.0. The molecule has 88 valence electrons. The molecule has 0 aromatic heterocycles. The molecule has 2 fully saturated rings. The number of nitrogens with one attached hydrogen (secondary N) is 2. The van der Waals surface area contributed by atoms with Crippen LogP contribution in [0, 0.1) is 11.3 Å². The first kappa shape index (κ1) is 12.7. The molecular formula is C10H19ClN2O2. The minimum absolute atomic E-state index is 0. The van der Waals surface area contributed by atoms with Gasteiger partial charge in [-0.15, -0.1) is 12.4 Å². The maximum absolute atomic E-state index is 11.6. The monoisotopic (exact) mass is 234 g/mol. The summed E-state index contributed by atoms with van der Waals surface area (Å²) in [6, 6.07) is 0. The van der Waals surface area contributed by atoms with Crippen LogP contribution in [0.25, 0.3) is 0 Å². The zero-order valence-electron chi connectivity index (χ0n) is 9.04. The fraction of sp³-hybridized carbons (Fsp3) is 0.900. The van der Waals surface area contributed by atoms with Crippen molar-refractivity contribution < 1.29 is 9.53 Å². The van der Waals surface area contributed by atoms with Crippen molar-refractivity contribution >= 4 is 18.3 Å². The minimum Gasteiger partial charge on any atom is -0.380 e. The highest BCUT2D eigenvalue weighted by Crippen LogP contribution is 2.25. The summed E-state index contributed by atoms with van der Waals surface area (Å²) in [6.07, 6.45) is 0.971. The SMILES string of the molecule is CC1(CNC(=O)[C@@H]2CCNC2)COC1.Cl. The summed E-state index contributed by atoms with van der Waals surface area (Å²) >= 11 is 0. The van der Waals surface area contributed by atoms with E-state index >= 15 is 0 Å². The van der Waals surface area contributed by atoms with Crippen molar-refractivity contribution in [3.8, 4) is 0 Å². The summed E-state index contributed by atoms with van der Waals surface area (Å²) in [6.45, 7) is 6.25. The van der Waals surface area contributed by atoms with Gasteiger partial charge in [0.25, 0.3) is 0 Å². The van der Waals surface area contributed by atoms with Gasteiger partial charge in [0.2, 0.25) is 5.91 Å². The van der Waals surface area contributed by atoms with E-state index in [1.54, 1.807) is 0 Å². The molecule has 0 saturated carbocycles. The third-order valence-corrected chi connectivity index (χ3v) is 3.02. The fourth-order valence-electron chi connectivity index (χ4n) is 1.88. The van der Waals surface area contributed by atoms with Crippen molar-refractivity contribution in [3.05, 3.63) is 0 Å². The first-order valence-electron chi connectivity index (χ1n) is 5.26. The maximum Gasteiger partial charge on any atom is 0.224 e. The molecule has 15 heavy (non-hydrogen) atoms. The Morgan fingerprint density at radius 2 is 2.33 bits per heavy atom. The van der Waals surface area contributed by atoms with Crippen molar-refractivity contribution in [3.63, 3.8) is 0 Å². The first-order valence-corrected chi connectivity index (χ1v) is 5.26. The lowest BCUT2D eigenvalue weighted by Gasteiger charge is -2.38. The highest BCUT2D eigenvalue weighted by molar-refractivity contribution is 5.85. The Morgan fingerprint density at radius 1 is 1.60 bits per heavy atom. The quantitative estimate of drug-likeness (QED) is 0.732. The Kier molecular flexibility index (Phi) is 4.37. The van der Waals surface area contributed by atoms with Crippen LogP contribution < -0.4 is 10.6 Å². The molecule has 0 aliphatic carbocycles. The predicted octanol–water partition coefficient (Wildman–Crippen LogP) is 0.170. The van der Waals surface area contributed by atoms with Crippen molar-refractivity contribution in [1.82, 2.24) is 10.6 Å². The molecule has 0 radical (unpaired) electrons. The Morgan fingerprint density at radius 3 is 2.80 bits per heavy atom. The zero-order valence-corrected chi connectivity index (χ0v) is 9.86. The Balaban J connectivity index is 0.00000112. The number of halogens is 1. The molecule has 2 N–H and O–H groups in total.